The molecule has 0 unspecified atom stereocenters. The minimum Gasteiger partial charge on any atom is -0.312 e. The zero-order valence-corrected chi connectivity index (χ0v) is 13.1. The SMILES string of the molecule is CCc1c(CNCC(C)C)cnn1-c1ccccc1Cl. The van der Waals surface area contributed by atoms with Gasteiger partial charge < -0.3 is 5.32 Å². The number of benzene rings is 1. The van der Waals surface area contributed by atoms with E-state index in [0.29, 0.717) is 5.92 Å². The van der Waals surface area contributed by atoms with Crippen LogP contribution in [0.3, 0.4) is 0 Å². The third kappa shape index (κ3) is 3.41. The molecule has 0 saturated carbocycles. The molecule has 0 fully saturated rings. The second-order valence-corrected chi connectivity index (χ2v) is 5.77. The Labute approximate surface area is 126 Å². The average molecular weight is 292 g/mol. The smallest absolute Gasteiger partial charge is 0.0835 e. The maximum atomic E-state index is 6.27. The van der Waals surface area contributed by atoms with Crippen molar-refractivity contribution in [2.24, 2.45) is 5.92 Å². The zero-order valence-electron chi connectivity index (χ0n) is 12.4. The van der Waals surface area contributed by atoms with Crippen molar-refractivity contribution >= 4 is 11.6 Å². The van der Waals surface area contributed by atoms with Crippen LogP contribution in [0.25, 0.3) is 5.69 Å². The summed E-state index contributed by atoms with van der Waals surface area (Å²) in [7, 11) is 0. The Kier molecular flexibility index (Phi) is 5.21. The zero-order chi connectivity index (χ0) is 14.5. The van der Waals surface area contributed by atoms with Crippen molar-refractivity contribution in [1.29, 1.82) is 0 Å². The first kappa shape index (κ1) is 15.1. The third-order valence-corrected chi connectivity index (χ3v) is 3.56. The van der Waals surface area contributed by atoms with E-state index in [0.717, 1.165) is 30.2 Å². The summed E-state index contributed by atoms with van der Waals surface area (Å²) in [5.74, 6) is 0.652. The lowest BCUT2D eigenvalue weighted by Crippen LogP contribution is -2.19. The van der Waals surface area contributed by atoms with Gasteiger partial charge in [0.1, 0.15) is 0 Å². The molecule has 1 aromatic carbocycles. The van der Waals surface area contributed by atoms with E-state index in [2.05, 4.69) is 31.2 Å². The van der Waals surface area contributed by atoms with E-state index in [1.807, 2.05) is 35.1 Å². The summed E-state index contributed by atoms with van der Waals surface area (Å²) in [4.78, 5) is 0. The summed E-state index contributed by atoms with van der Waals surface area (Å²) in [6.45, 7) is 8.43. The molecule has 0 radical (unpaired) electrons. The standard InChI is InChI=1S/C16H22ClN3/c1-4-15-13(10-18-9-12(2)3)11-19-20(15)16-8-6-5-7-14(16)17/h5-8,11-12,18H,4,9-10H2,1-3H3. The lowest BCUT2D eigenvalue weighted by molar-refractivity contribution is 0.551. The molecule has 0 aliphatic carbocycles. The fourth-order valence-electron chi connectivity index (χ4n) is 2.26. The second kappa shape index (κ2) is 6.91. The van der Waals surface area contributed by atoms with Gasteiger partial charge in [-0.1, -0.05) is 44.5 Å². The van der Waals surface area contributed by atoms with Gasteiger partial charge in [-0.25, -0.2) is 4.68 Å². The van der Waals surface area contributed by atoms with Gasteiger partial charge in [-0.3, -0.25) is 0 Å². The van der Waals surface area contributed by atoms with Gasteiger partial charge in [-0.2, -0.15) is 5.10 Å². The Morgan fingerprint density at radius 3 is 2.70 bits per heavy atom. The maximum absolute atomic E-state index is 6.27. The van der Waals surface area contributed by atoms with E-state index < -0.39 is 0 Å². The van der Waals surface area contributed by atoms with Gasteiger partial charge in [0.2, 0.25) is 0 Å². The van der Waals surface area contributed by atoms with Crippen molar-refractivity contribution in [1.82, 2.24) is 15.1 Å². The molecular weight excluding hydrogens is 270 g/mol. The molecule has 1 aromatic heterocycles. The largest absolute Gasteiger partial charge is 0.312 e. The van der Waals surface area contributed by atoms with Crippen LogP contribution in [0.15, 0.2) is 30.5 Å². The molecule has 2 aromatic rings. The molecule has 3 nitrogen and oxygen atoms in total. The minimum absolute atomic E-state index is 0.652. The van der Waals surface area contributed by atoms with Crippen LogP contribution < -0.4 is 5.32 Å². The predicted molar refractivity (Wildman–Crippen MR) is 84.5 cm³/mol. The fraction of sp³-hybridized carbons (Fsp3) is 0.438. The number of para-hydroxylation sites is 1. The lowest BCUT2D eigenvalue weighted by atomic mass is 10.2. The van der Waals surface area contributed by atoms with Crippen LogP contribution in [0.4, 0.5) is 0 Å². The highest BCUT2D eigenvalue weighted by atomic mass is 35.5. The molecule has 108 valence electrons. The van der Waals surface area contributed by atoms with Gasteiger partial charge in [0.05, 0.1) is 16.9 Å². The Morgan fingerprint density at radius 1 is 1.30 bits per heavy atom. The van der Waals surface area contributed by atoms with Crippen molar-refractivity contribution in [2.45, 2.75) is 33.7 Å². The molecule has 0 bridgehead atoms. The molecule has 0 saturated heterocycles. The van der Waals surface area contributed by atoms with Crippen molar-refractivity contribution in [3.63, 3.8) is 0 Å². The van der Waals surface area contributed by atoms with Gasteiger partial charge in [0.15, 0.2) is 0 Å². The number of nitrogens with zero attached hydrogens (tertiary/aromatic N) is 2. The van der Waals surface area contributed by atoms with Crippen LogP contribution in [-0.4, -0.2) is 16.3 Å². The van der Waals surface area contributed by atoms with Crippen LogP contribution in [0.5, 0.6) is 0 Å². The summed E-state index contributed by atoms with van der Waals surface area (Å²) in [6, 6.07) is 7.82. The van der Waals surface area contributed by atoms with Crippen LogP contribution in [0.1, 0.15) is 32.0 Å². The molecule has 1 heterocycles. The summed E-state index contributed by atoms with van der Waals surface area (Å²) in [5.41, 5.74) is 3.41. The Bertz CT molecular complexity index is 561. The Morgan fingerprint density at radius 2 is 2.05 bits per heavy atom. The monoisotopic (exact) mass is 291 g/mol. The van der Waals surface area contributed by atoms with Crippen molar-refractivity contribution in [2.75, 3.05) is 6.54 Å². The topological polar surface area (TPSA) is 29.9 Å². The van der Waals surface area contributed by atoms with Gasteiger partial charge in [0, 0.05) is 17.8 Å². The van der Waals surface area contributed by atoms with Gasteiger partial charge in [0.25, 0.3) is 0 Å². The first-order valence-electron chi connectivity index (χ1n) is 7.14. The average Bonchev–Trinajstić information content (AvgIpc) is 2.81. The molecule has 4 heteroatoms. The van der Waals surface area contributed by atoms with Crippen molar-refractivity contribution in [3.8, 4) is 5.69 Å². The molecule has 20 heavy (non-hydrogen) atoms. The first-order valence-corrected chi connectivity index (χ1v) is 7.52. The van der Waals surface area contributed by atoms with E-state index in [9.17, 15) is 0 Å². The number of hydrogen-bond acceptors (Lipinski definition) is 2. The van der Waals surface area contributed by atoms with E-state index >= 15 is 0 Å². The predicted octanol–water partition coefficient (Wildman–Crippen LogP) is 3.83. The first-order chi connectivity index (χ1) is 9.63. The molecule has 0 aliphatic heterocycles. The highest BCUT2D eigenvalue weighted by molar-refractivity contribution is 6.32. The summed E-state index contributed by atoms with van der Waals surface area (Å²) in [6.07, 6.45) is 2.87. The summed E-state index contributed by atoms with van der Waals surface area (Å²) < 4.78 is 1.95. The molecule has 0 spiro atoms. The van der Waals surface area contributed by atoms with Gasteiger partial charge >= 0.3 is 0 Å². The maximum Gasteiger partial charge on any atom is 0.0835 e. The fourth-order valence-corrected chi connectivity index (χ4v) is 2.47. The van der Waals surface area contributed by atoms with Crippen molar-refractivity contribution < 1.29 is 0 Å². The van der Waals surface area contributed by atoms with Crippen molar-refractivity contribution in [3.05, 3.63) is 46.7 Å². The molecule has 0 amide bonds. The molecular formula is C16H22ClN3. The Hall–Kier alpha value is -1.32. The Balaban J connectivity index is 2.23. The van der Waals surface area contributed by atoms with E-state index in [-0.39, 0.29) is 0 Å². The highest BCUT2D eigenvalue weighted by Crippen LogP contribution is 2.22. The number of hydrogen-bond donors (Lipinski definition) is 1. The summed E-state index contributed by atoms with van der Waals surface area (Å²) in [5, 5.41) is 8.71. The van der Waals surface area contributed by atoms with Crippen LogP contribution in [-0.2, 0) is 13.0 Å². The number of halogens is 1. The second-order valence-electron chi connectivity index (χ2n) is 5.36. The third-order valence-electron chi connectivity index (χ3n) is 3.24. The molecule has 1 N–H and O–H groups in total. The normalized spacial score (nSPS) is 11.2. The van der Waals surface area contributed by atoms with E-state index in [1.165, 1.54) is 11.3 Å². The van der Waals surface area contributed by atoms with Crippen LogP contribution >= 0.6 is 11.6 Å². The molecule has 0 aliphatic rings. The quantitative estimate of drug-likeness (QED) is 0.876. The molecule has 0 atom stereocenters. The van der Waals surface area contributed by atoms with E-state index in [1.54, 1.807) is 0 Å². The van der Waals surface area contributed by atoms with Gasteiger partial charge in [-0.05, 0) is 31.0 Å². The highest BCUT2D eigenvalue weighted by Gasteiger charge is 2.12. The van der Waals surface area contributed by atoms with E-state index in [4.69, 9.17) is 11.6 Å². The van der Waals surface area contributed by atoms with Gasteiger partial charge in [-0.15, -0.1) is 0 Å². The van der Waals surface area contributed by atoms with Crippen LogP contribution in [0.2, 0.25) is 5.02 Å². The minimum atomic E-state index is 0.652. The van der Waals surface area contributed by atoms with Crippen LogP contribution in [0, 0.1) is 5.92 Å². The number of aromatic nitrogens is 2. The number of nitrogens with one attached hydrogen (secondary N) is 1. The lowest BCUT2D eigenvalue weighted by Gasteiger charge is -2.10. The molecule has 2 rings (SSSR count). The number of rotatable bonds is 6. The summed E-state index contributed by atoms with van der Waals surface area (Å²) >= 11 is 6.27.